The SMILES string of the molecule is COc1ccc(C(=O)N[C@H](C)C(=O)NOCc2ccccc2)cc1OC1CCCC1. The molecule has 1 atom stereocenters. The van der Waals surface area contributed by atoms with E-state index in [1.807, 2.05) is 30.3 Å². The Kier molecular flexibility index (Phi) is 7.68. The van der Waals surface area contributed by atoms with E-state index in [0.29, 0.717) is 17.1 Å². The highest BCUT2D eigenvalue weighted by atomic mass is 16.6. The number of hydroxylamine groups is 1. The molecule has 2 aromatic rings. The van der Waals surface area contributed by atoms with Crippen molar-refractivity contribution in [2.45, 2.75) is 51.4 Å². The maximum atomic E-state index is 12.6. The van der Waals surface area contributed by atoms with Gasteiger partial charge in [0.2, 0.25) is 0 Å². The lowest BCUT2D eigenvalue weighted by Crippen LogP contribution is -2.44. The topological polar surface area (TPSA) is 85.9 Å². The number of rotatable bonds is 9. The van der Waals surface area contributed by atoms with Crippen molar-refractivity contribution in [3.05, 3.63) is 59.7 Å². The minimum Gasteiger partial charge on any atom is -0.493 e. The average Bonchev–Trinajstić information content (AvgIpc) is 3.27. The maximum Gasteiger partial charge on any atom is 0.265 e. The van der Waals surface area contributed by atoms with Gasteiger partial charge in [-0.25, -0.2) is 5.48 Å². The predicted octanol–water partition coefficient (Wildman–Crippen LogP) is 3.38. The quantitative estimate of drug-likeness (QED) is 0.617. The monoisotopic (exact) mass is 412 g/mol. The van der Waals surface area contributed by atoms with E-state index in [0.717, 1.165) is 31.2 Å². The van der Waals surface area contributed by atoms with Gasteiger partial charge < -0.3 is 14.8 Å². The van der Waals surface area contributed by atoms with Crippen LogP contribution in [0.1, 0.15) is 48.5 Å². The fourth-order valence-corrected chi connectivity index (χ4v) is 3.29. The van der Waals surface area contributed by atoms with Crippen LogP contribution in [-0.2, 0) is 16.2 Å². The van der Waals surface area contributed by atoms with Crippen molar-refractivity contribution in [1.82, 2.24) is 10.8 Å². The summed E-state index contributed by atoms with van der Waals surface area (Å²) in [6.45, 7) is 1.84. The van der Waals surface area contributed by atoms with Crippen LogP contribution >= 0.6 is 0 Å². The molecule has 1 fully saturated rings. The van der Waals surface area contributed by atoms with Gasteiger partial charge in [-0.2, -0.15) is 0 Å². The summed E-state index contributed by atoms with van der Waals surface area (Å²) in [5, 5.41) is 2.68. The van der Waals surface area contributed by atoms with E-state index in [9.17, 15) is 9.59 Å². The van der Waals surface area contributed by atoms with Gasteiger partial charge in [0.25, 0.3) is 11.8 Å². The zero-order chi connectivity index (χ0) is 21.3. The van der Waals surface area contributed by atoms with Crippen molar-refractivity contribution in [3.63, 3.8) is 0 Å². The van der Waals surface area contributed by atoms with E-state index in [1.54, 1.807) is 32.2 Å². The van der Waals surface area contributed by atoms with Gasteiger partial charge in [0, 0.05) is 5.56 Å². The number of ether oxygens (including phenoxy) is 2. The van der Waals surface area contributed by atoms with E-state index >= 15 is 0 Å². The second kappa shape index (κ2) is 10.6. The molecule has 0 saturated heterocycles. The molecule has 7 nitrogen and oxygen atoms in total. The van der Waals surface area contributed by atoms with Crippen LogP contribution in [0.25, 0.3) is 0 Å². The van der Waals surface area contributed by atoms with E-state index < -0.39 is 11.9 Å². The molecule has 160 valence electrons. The maximum absolute atomic E-state index is 12.6. The standard InChI is InChI=1S/C23H28N2O5/c1-16(22(26)25-29-15-17-8-4-3-5-9-17)24-23(27)18-12-13-20(28-2)21(14-18)30-19-10-6-7-11-19/h3-5,8-9,12-14,16,19H,6-7,10-11,15H2,1-2H3,(H,24,27)(H,25,26)/t16-/m1/s1. The van der Waals surface area contributed by atoms with Crippen molar-refractivity contribution in [1.29, 1.82) is 0 Å². The number of hydrogen-bond acceptors (Lipinski definition) is 5. The van der Waals surface area contributed by atoms with E-state index in [4.69, 9.17) is 14.3 Å². The molecule has 2 aromatic carbocycles. The molecule has 0 radical (unpaired) electrons. The molecule has 1 saturated carbocycles. The molecule has 30 heavy (non-hydrogen) atoms. The molecule has 0 spiro atoms. The Bertz CT molecular complexity index is 850. The molecular weight excluding hydrogens is 384 g/mol. The summed E-state index contributed by atoms with van der Waals surface area (Å²) in [5.74, 6) is 0.314. The van der Waals surface area contributed by atoms with Crippen LogP contribution < -0.4 is 20.3 Å². The smallest absolute Gasteiger partial charge is 0.265 e. The van der Waals surface area contributed by atoms with E-state index in [2.05, 4.69) is 10.8 Å². The van der Waals surface area contributed by atoms with Gasteiger partial charge in [-0.3, -0.25) is 14.4 Å². The van der Waals surface area contributed by atoms with Crippen molar-refractivity contribution in [3.8, 4) is 11.5 Å². The second-order valence-corrected chi connectivity index (χ2v) is 7.33. The van der Waals surface area contributed by atoms with Gasteiger partial charge in [0.1, 0.15) is 6.04 Å². The molecule has 2 amide bonds. The first-order valence-corrected chi connectivity index (χ1v) is 10.2. The molecule has 2 N–H and O–H groups in total. The molecule has 1 aliphatic carbocycles. The van der Waals surface area contributed by atoms with Crippen molar-refractivity contribution in [2.24, 2.45) is 0 Å². The van der Waals surface area contributed by atoms with Crippen LogP contribution in [0.15, 0.2) is 48.5 Å². The van der Waals surface area contributed by atoms with E-state index in [-0.39, 0.29) is 18.6 Å². The largest absolute Gasteiger partial charge is 0.493 e. The molecule has 0 aliphatic heterocycles. The first kappa shape index (κ1) is 21.6. The van der Waals surface area contributed by atoms with Crippen LogP contribution in [0.5, 0.6) is 11.5 Å². The van der Waals surface area contributed by atoms with Gasteiger partial charge in [-0.05, 0) is 56.4 Å². The highest BCUT2D eigenvalue weighted by Crippen LogP contribution is 2.32. The summed E-state index contributed by atoms with van der Waals surface area (Å²) < 4.78 is 11.4. The van der Waals surface area contributed by atoms with Crippen molar-refractivity contribution < 1.29 is 23.9 Å². The second-order valence-electron chi connectivity index (χ2n) is 7.33. The lowest BCUT2D eigenvalue weighted by atomic mass is 10.1. The Labute approximate surface area is 176 Å². The van der Waals surface area contributed by atoms with Crippen LogP contribution in [0.2, 0.25) is 0 Å². The van der Waals surface area contributed by atoms with Crippen molar-refractivity contribution >= 4 is 11.8 Å². The zero-order valence-electron chi connectivity index (χ0n) is 17.4. The zero-order valence-corrected chi connectivity index (χ0v) is 17.4. The molecule has 0 aromatic heterocycles. The molecule has 0 bridgehead atoms. The van der Waals surface area contributed by atoms with Crippen LogP contribution in [0.4, 0.5) is 0 Å². The predicted molar refractivity (Wildman–Crippen MR) is 112 cm³/mol. The fraction of sp³-hybridized carbons (Fsp3) is 0.391. The summed E-state index contributed by atoms with van der Waals surface area (Å²) in [7, 11) is 1.57. The summed E-state index contributed by atoms with van der Waals surface area (Å²) in [4.78, 5) is 30.0. The Morgan fingerprint density at radius 3 is 2.50 bits per heavy atom. The number of nitrogens with one attached hydrogen (secondary N) is 2. The lowest BCUT2D eigenvalue weighted by molar-refractivity contribution is -0.136. The minimum atomic E-state index is -0.769. The van der Waals surface area contributed by atoms with Gasteiger partial charge in [-0.1, -0.05) is 30.3 Å². The minimum absolute atomic E-state index is 0.142. The number of benzene rings is 2. The highest BCUT2D eigenvalue weighted by molar-refractivity contribution is 5.97. The lowest BCUT2D eigenvalue weighted by Gasteiger charge is -2.18. The van der Waals surface area contributed by atoms with Gasteiger partial charge in [-0.15, -0.1) is 0 Å². The third kappa shape index (κ3) is 5.97. The first-order chi connectivity index (χ1) is 14.6. The highest BCUT2D eigenvalue weighted by Gasteiger charge is 2.21. The number of amides is 2. The number of hydrogen-bond donors (Lipinski definition) is 2. The summed E-state index contributed by atoms with van der Waals surface area (Å²) in [6, 6.07) is 13.7. The molecule has 3 rings (SSSR count). The van der Waals surface area contributed by atoms with Crippen LogP contribution in [0.3, 0.4) is 0 Å². The Morgan fingerprint density at radius 1 is 1.07 bits per heavy atom. The molecular formula is C23H28N2O5. The van der Waals surface area contributed by atoms with Crippen LogP contribution in [0, 0.1) is 0 Å². The third-order valence-corrected chi connectivity index (χ3v) is 5.02. The molecule has 1 aliphatic rings. The van der Waals surface area contributed by atoms with Crippen LogP contribution in [-0.4, -0.2) is 31.1 Å². The number of carbonyl (C=O) groups excluding carboxylic acids is 2. The van der Waals surface area contributed by atoms with Gasteiger partial charge in [0.05, 0.1) is 19.8 Å². The van der Waals surface area contributed by atoms with E-state index in [1.165, 1.54) is 0 Å². The molecule has 0 heterocycles. The summed E-state index contributed by atoms with van der Waals surface area (Å²) >= 11 is 0. The Balaban J connectivity index is 1.54. The first-order valence-electron chi connectivity index (χ1n) is 10.2. The Morgan fingerprint density at radius 2 is 1.80 bits per heavy atom. The molecule has 7 heteroatoms. The normalized spacial score (nSPS) is 14.7. The fourth-order valence-electron chi connectivity index (χ4n) is 3.29. The number of methoxy groups -OCH3 is 1. The average molecular weight is 412 g/mol. The van der Waals surface area contributed by atoms with Gasteiger partial charge >= 0.3 is 0 Å². The summed E-state index contributed by atoms with van der Waals surface area (Å²) in [6.07, 6.45) is 4.43. The van der Waals surface area contributed by atoms with Crippen molar-refractivity contribution in [2.75, 3.05) is 7.11 Å². The third-order valence-electron chi connectivity index (χ3n) is 5.02. The number of carbonyl (C=O) groups is 2. The summed E-state index contributed by atoms with van der Waals surface area (Å²) in [5.41, 5.74) is 3.70. The molecule has 0 unspecified atom stereocenters. The van der Waals surface area contributed by atoms with Gasteiger partial charge in [0.15, 0.2) is 11.5 Å². The Hall–Kier alpha value is -3.06.